The van der Waals surface area contributed by atoms with Crippen LogP contribution in [0.3, 0.4) is 0 Å². The van der Waals surface area contributed by atoms with Crippen LogP contribution in [0.1, 0.15) is 53.3 Å². The van der Waals surface area contributed by atoms with E-state index in [-0.39, 0.29) is 0 Å². The summed E-state index contributed by atoms with van der Waals surface area (Å²) in [6.45, 7) is 0. The number of thiophene rings is 1. The summed E-state index contributed by atoms with van der Waals surface area (Å²) in [5.74, 6) is 0.735. The first kappa shape index (κ1) is 8.95. The van der Waals surface area contributed by atoms with Crippen LogP contribution >= 0.6 is 11.3 Å². The monoisotopic (exact) mass is 194 g/mol. The van der Waals surface area contributed by atoms with Gasteiger partial charge in [0.05, 0.1) is 4.88 Å². The molecule has 0 saturated heterocycles. The Hall–Kier alpha value is -0.630. The van der Waals surface area contributed by atoms with Gasteiger partial charge in [-0.1, -0.05) is 19.3 Å². The molecule has 1 nitrogen and oxygen atoms in total. The maximum Gasteiger partial charge on any atom is 0.160 e. The van der Waals surface area contributed by atoms with Gasteiger partial charge in [0.2, 0.25) is 0 Å². The van der Waals surface area contributed by atoms with Crippen molar-refractivity contribution in [3.63, 3.8) is 0 Å². The fourth-order valence-electron chi connectivity index (χ4n) is 2.08. The van der Waals surface area contributed by atoms with E-state index in [0.29, 0.717) is 0 Å². The van der Waals surface area contributed by atoms with Crippen molar-refractivity contribution in [1.29, 1.82) is 0 Å². The predicted octanol–water partition coefficient (Wildman–Crippen LogP) is 3.61. The fourth-order valence-corrected chi connectivity index (χ4v) is 2.87. The molecule has 1 aliphatic carbocycles. The van der Waals surface area contributed by atoms with Gasteiger partial charge in [-0.25, -0.2) is 0 Å². The van der Waals surface area contributed by atoms with Crippen LogP contribution in [0.15, 0.2) is 11.4 Å². The minimum atomic E-state index is 0.735. The summed E-state index contributed by atoms with van der Waals surface area (Å²) in [6.07, 6.45) is 7.69. The molecule has 0 radical (unpaired) electrons. The van der Waals surface area contributed by atoms with Gasteiger partial charge in [0.15, 0.2) is 6.29 Å². The average Bonchev–Trinajstić information content (AvgIpc) is 2.67. The van der Waals surface area contributed by atoms with Crippen molar-refractivity contribution in [3.05, 3.63) is 21.9 Å². The van der Waals surface area contributed by atoms with Gasteiger partial charge >= 0.3 is 0 Å². The van der Waals surface area contributed by atoms with E-state index in [1.807, 2.05) is 0 Å². The highest BCUT2D eigenvalue weighted by molar-refractivity contribution is 7.11. The molecule has 0 spiro atoms. The third-order valence-electron chi connectivity index (χ3n) is 2.83. The van der Waals surface area contributed by atoms with Crippen LogP contribution in [-0.2, 0) is 0 Å². The van der Waals surface area contributed by atoms with Crippen molar-refractivity contribution in [1.82, 2.24) is 0 Å². The fraction of sp³-hybridized carbons (Fsp3) is 0.545. The van der Waals surface area contributed by atoms with E-state index in [2.05, 4.69) is 11.4 Å². The maximum absolute atomic E-state index is 10.5. The Morgan fingerprint density at radius 1 is 1.31 bits per heavy atom. The van der Waals surface area contributed by atoms with Crippen LogP contribution in [0.2, 0.25) is 0 Å². The smallest absolute Gasteiger partial charge is 0.160 e. The van der Waals surface area contributed by atoms with Crippen molar-refractivity contribution >= 4 is 17.6 Å². The molecule has 2 heteroatoms. The molecule has 0 amide bonds. The molecule has 1 heterocycles. The van der Waals surface area contributed by atoms with E-state index in [9.17, 15) is 4.79 Å². The lowest BCUT2D eigenvalue weighted by atomic mass is 9.85. The van der Waals surface area contributed by atoms with Crippen LogP contribution in [-0.4, -0.2) is 6.29 Å². The average molecular weight is 194 g/mol. The molecule has 1 aliphatic rings. The van der Waals surface area contributed by atoms with E-state index < -0.39 is 0 Å². The summed E-state index contributed by atoms with van der Waals surface area (Å²) >= 11 is 1.58. The van der Waals surface area contributed by atoms with Gasteiger partial charge < -0.3 is 0 Å². The molecular formula is C11H14OS. The van der Waals surface area contributed by atoms with Crippen LogP contribution in [0.5, 0.6) is 0 Å². The minimum Gasteiger partial charge on any atom is -0.297 e. The Morgan fingerprint density at radius 3 is 2.69 bits per heavy atom. The highest BCUT2D eigenvalue weighted by Gasteiger charge is 2.16. The second-order valence-electron chi connectivity index (χ2n) is 3.74. The van der Waals surface area contributed by atoms with Gasteiger partial charge in [-0.05, 0) is 35.8 Å². The van der Waals surface area contributed by atoms with Gasteiger partial charge in [0, 0.05) is 0 Å². The number of rotatable bonds is 2. The number of carbonyl (C=O) groups excluding carboxylic acids is 1. The Labute approximate surface area is 82.8 Å². The quantitative estimate of drug-likeness (QED) is 0.657. The summed E-state index contributed by atoms with van der Waals surface area (Å²) in [5.41, 5.74) is 1.40. The van der Waals surface area contributed by atoms with E-state index in [0.717, 1.165) is 17.1 Å². The Morgan fingerprint density at radius 2 is 2.08 bits per heavy atom. The van der Waals surface area contributed by atoms with Crippen molar-refractivity contribution in [2.75, 3.05) is 0 Å². The Bertz CT molecular complexity index is 284. The minimum absolute atomic E-state index is 0.735. The number of carbonyl (C=O) groups is 1. The standard InChI is InChI=1S/C11H14OS/c12-7-11-6-10(8-13-11)9-4-2-1-3-5-9/h6-9H,1-5H2. The van der Waals surface area contributed by atoms with Crippen molar-refractivity contribution in [2.45, 2.75) is 38.0 Å². The van der Waals surface area contributed by atoms with Crippen molar-refractivity contribution in [2.24, 2.45) is 0 Å². The summed E-state index contributed by atoms with van der Waals surface area (Å²) in [7, 11) is 0. The first-order valence-corrected chi connectivity index (χ1v) is 5.82. The lowest BCUT2D eigenvalue weighted by Gasteiger charge is -2.20. The second-order valence-corrected chi connectivity index (χ2v) is 4.68. The molecule has 0 aromatic carbocycles. The molecule has 1 aromatic rings. The van der Waals surface area contributed by atoms with Crippen LogP contribution < -0.4 is 0 Å². The third kappa shape index (κ3) is 1.99. The third-order valence-corrected chi connectivity index (χ3v) is 3.71. The number of hydrogen-bond acceptors (Lipinski definition) is 2. The normalized spacial score (nSPS) is 18.8. The summed E-state index contributed by atoms with van der Waals surface area (Å²) in [4.78, 5) is 11.4. The van der Waals surface area contributed by atoms with Gasteiger partial charge in [-0.3, -0.25) is 4.79 Å². The Kier molecular flexibility index (Phi) is 2.79. The van der Waals surface area contributed by atoms with Crippen LogP contribution in [0.4, 0.5) is 0 Å². The van der Waals surface area contributed by atoms with Gasteiger partial charge in [0.1, 0.15) is 0 Å². The van der Waals surface area contributed by atoms with Crippen molar-refractivity contribution < 1.29 is 4.79 Å². The molecule has 1 saturated carbocycles. The maximum atomic E-state index is 10.5. The highest BCUT2D eigenvalue weighted by atomic mass is 32.1. The summed E-state index contributed by atoms with van der Waals surface area (Å²) < 4.78 is 0. The van der Waals surface area contributed by atoms with E-state index in [1.54, 1.807) is 11.3 Å². The van der Waals surface area contributed by atoms with Crippen LogP contribution in [0.25, 0.3) is 0 Å². The molecule has 1 fully saturated rings. The van der Waals surface area contributed by atoms with Crippen molar-refractivity contribution in [3.8, 4) is 0 Å². The zero-order valence-corrected chi connectivity index (χ0v) is 8.48. The molecule has 70 valence electrons. The first-order valence-electron chi connectivity index (χ1n) is 4.94. The molecular weight excluding hydrogens is 180 g/mol. The summed E-state index contributed by atoms with van der Waals surface area (Å²) in [5, 5.41) is 2.15. The van der Waals surface area contributed by atoms with E-state index in [4.69, 9.17) is 0 Å². The summed E-state index contributed by atoms with van der Waals surface area (Å²) in [6, 6.07) is 2.06. The van der Waals surface area contributed by atoms with Gasteiger partial charge in [0.25, 0.3) is 0 Å². The van der Waals surface area contributed by atoms with E-state index >= 15 is 0 Å². The van der Waals surface area contributed by atoms with Gasteiger partial charge in [-0.2, -0.15) is 0 Å². The number of aldehydes is 1. The van der Waals surface area contributed by atoms with Crippen LogP contribution in [0, 0.1) is 0 Å². The molecule has 2 rings (SSSR count). The molecule has 0 atom stereocenters. The zero-order valence-electron chi connectivity index (χ0n) is 7.66. The lowest BCUT2D eigenvalue weighted by molar-refractivity contribution is 0.112. The van der Waals surface area contributed by atoms with Gasteiger partial charge in [-0.15, -0.1) is 11.3 Å². The van der Waals surface area contributed by atoms with E-state index in [1.165, 1.54) is 37.7 Å². The highest BCUT2D eigenvalue weighted by Crippen LogP contribution is 2.34. The second kappa shape index (κ2) is 4.05. The topological polar surface area (TPSA) is 17.1 Å². The SMILES string of the molecule is O=Cc1cc(C2CCCCC2)cs1. The lowest BCUT2D eigenvalue weighted by Crippen LogP contribution is -2.02. The predicted molar refractivity (Wildman–Crippen MR) is 55.5 cm³/mol. The Balaban J connectivity index is 2.09. The molecule has 1 aromatic heterocycles. The molecule has 0 bridgehead atoms. The molecule has 0 N–H and O–H groups in total. The molecule has 0 unspecified atom stereocenters. The molecule has 13 heavy (non-hydrogen) atoms. The zero-order chi connectivity index (χ0) is 9.10. The number of hydrogen-bond donors (Lipinski definition) is 0. The first-order chi connectivity index (χ1) is 6.40. The molecule has 0 aliphatic heterocycles. The largest absolute Gasteiger partial charge is 0.297 e.